The van der Waals surface area contributed by atoms with Crippen LogP contribution in [0.4, 0.5) is 5.69 Å². The summed E-state index contributed by atoms with van der Waals surface area (Å²) in [4.78, 5) is 16.8. The van der Waals surface area contributed by atoms with Gasteiger partial charge in [0.15, 0.2) is 0 Å². The van der Waals surface area contributed by atoms with Crippen molar-refractivity contribution in [1.82, 2.24) is 15.8 Å². The maximum atomic E-state index is 12.1. The lowest BCUT2D eigenvalue weighted by Crippen LogP contribution is -2.44. The van der Waals surface area contributed by atoms with Crippen LogP contribution in [0.2, 0.25) is 0 Å². The smallest absolute Gasteiger partial charge is 0.265 e. The number of rotatable bonds is 9. The predicted octanol–water partition coefficient (Wildman–Crippen LogP) is 2.64. The molecule has 134 valence electrons. The van der Waals surface area contributed by atoms with Gasteiger partial charge in [-0.1, -0.05) is 32.6 Å². The molecule has 0 aromatic heterocycles. The average molecular weight is 332 g/mol. The number of carbonyl (C=O) groups is 1. The van der Waals surface area contributed by atoms with Crippen molar-refractivity contribution >= 4 is 11.6 Å². The molecule has 2 N–H and O–H groups in total. The van der Waals surface area contributed by atoms with Gasteiger partial charge >= 0.3 is 0 Å². The van der Waals surface area contributed by atoms with Gasteiger partial charge in [0, 0.05) is 44.0 Å². The summed E-state index contributed by atoms with van der Waals surface area (Å²) in [5.41, 5.74) is 7.71. The van der Waals surface area contributed by atoms with Crippen LogP contribution in [0.3, 0.4) is 0 Å². The van der Waals surface area contributed by atoms with Gasteiger partial charge in [0.1, 0.15) is 0 Å². The van der Waals surface area contributed by atoms with Gasteiger partial charge in [0.05, 0.1) is 0 Å². The first-order valence-corrected chi connectivity index (χ1v) is 9.27. The summed E-state index contributed by atoms with van der Waals surface area (Å²) in [5, 5.41) is 0. The fourth-order valence-corrected chi connectivity index (χ4v) is 2.92. The molecule has 2 rings (SSSR count). The highest BCUT2D eigenvalue weighted by Gasteiger charge is 2.14. The third-order valence-electron chi connectivity index (χ3n) is 4.61. The normalized spacial score (nSPS) is 15.5. The van der Waals surface area contributed by atoms with Gasteiger partial charge in [-0.2, -0.15) is 0 Å². The number of unbranched alkanes of at least 4 members (excludes halogenated alkanes) is 4. The van der Waals surface area contributed by atoms with Crippen molar-refractivity contribution in [3.8, 4) is 0 Å². The van der Waals surface area contributed by atoms with E-state index in [0.717, 1.165) is 39.1 Å². The van der Waals surface area contributed by atoms with Crippen molar-refractivity contribution in [2.75, 3.05) is 44.7 Å². The molecule has 0 atom stereocenters. The first-order valence-electron chi connectivity index (χ1n) is 9.27. The highest BCUT2D eigenvalue weighted by atomic mass is 16.2. The van der Waals surface area contributed by atoms with E-state index in [1.165, 1.54) is 31.4 Å². The minimum Gasteiger partial charge on any atom is -0.369 e. The van der Waals surface area contributed by atoms with Crippen LogP contribution < -0.4 is 15.8 Å². The van der Waals surface area contributed by atoms with E-state index < -0.39 is 0 Å². The molecule has 0 aliphatic carbocycles. The number of amides is 1. The fourth-order valence-electron chi connectivity index (χ4n) is 2.92. The molecule has 1 amide bonds. The molecule has 1 saturated heterocycles. The molecule has 0 unspecified atom stereocenters. The largest absolute Gasteiger partial charge is 0.369 e. The Morgan fingerprint density at radius 1 is 1.00 bits per heavy atom. The van der Waals surface area contributed by atoms with Crippen LogP contribution in [0, 0.1) is 0 Å². The lowest BCUT2D eigenvalue weighted by Gasteiger charge is -2.34. The minimum atomic E-state index is -0.0616. The molecule has 0 radical (unpaired) electrons. The van der Waals surface area contributed by atoms with Crippen LogP contribution in [0.5, 0.6) is 0 Å². The van der Waals surface area contributed by atoms with Gasteiger partial charge in [0.25, 0.3) is 5.91 Å². The van der Waals surface area contributed by atoms with Crippen LogP contribution in [-0.4, -0.2) is 50.6 Å². The van der Waals surface area contributed by atoms with E-state index in [1.807, 2.05) is 24.3 Å². The Hall–Kier alpha value is -1.59. The molecular formula is C19H32N4O. The molecule has 1 heterocycles. The van der Waals surface area contributed by atoms with Crippen molar-refractivity contribution in [3.05, 3.63) is 29.8 Å². The number of carbonyl (C=O) groups excluding carboxylic acids is 1. The fraction of sp³-hybridized carbons (Fsp3) is 0.632. The van der Waals surface area contributed by atoms with Crippen molar-refractivity contribution in [2.45, 2.75) is 39.0 Å². The lowest BCUT2D eigenvalue weighted by molar-refractivity contribution is 0.0933. The molecule has 0 saturated carbocycles. The van der Waals surface area contributed by atoms with Crippen molar-refractivity contribution in [2.24, 2.45) is 0 Å². The number of hydrogen-bond acceptors (Lipinski definition) is 4. The topological polar surface area (TPSA) is 47.6 Å². The summed E-state index contributed by atoms with van der Waals surface area (Å²) in [5.74, 6) is -0.0616. The van der Waals surface area contributed by atoms with Crippen LogP contribution in [-0.2, 0) is 0 Å². The van der Waals surface area contributed by atoms with Crippen LogP contribution >= 0.6 is 0 Å². The Kier molecular flexibility index (Phi) is 8.05. The maximum Gasteiger partial charge on any atom is 0.265 e. The third kappa shape index (κ3) is 6.13. The monoisotopic (exact) mass is 332 g/mol. The number of nitrogens with zero attached hydrogens (tertiary/aromatic N) is 2. The quantitative estimate of drug-likeness (QED) is 0.539. The van der Waals surface area contributed by atoms with Gasteiger partial charge in [-0.15, -0.1) is 0 Å². The highest BCUT2D eigenvalue weighted by molar-refractivity contribution is 5.94. The summed E-state index contributed by atoms with van der Waals surface area (Å²) in [7, 11) is 2.15. The van der Waals surface area contributed by atoms with E-state index in [9.17, 15) is 4.79 Å². The van der Waals surface area contributed by atoms with Gasteiger partial charge in [0.2, 0.25) is 0 Å². The third-order valence-corrected chi connectivity index (χ3v) is 4.61. The molecule has 0 bridgehead atoms. The zero-order valence-corrected chi connectivity index (χ0v) is 15.2. The van der Waals surface area contributed by atoms with E-state index in [1.54, 1.807) is 0 Å². The molecule has 1 aliphatic heterocycles. The van der Waals surface area contributed by atoms with Gasteiger partial charge < -0.3 is 9.80 Å². The Morgan fingerprint density at radius 3 is 2.33 bits per heavy atom. The second-order valence-corrected chi connectivity index (χ2v) is 6.63. The number of likely N-dealkylation sites (N-methyl/N-ethyl adjacent to an activating group) is 1. The molecule has 1 aromatic carbocycles. The summed E-state index contributed by atoms with van der Waals surface area (Å²) in [6.45, 7) is 7.31. The van der Waals surface area contributed by atoms with Crippen LogP contribution in [0.25, 0.3) is 0 Å². The molecule has 1 fully saturated rings. The number of piperazine rings is 1. The number of benzene rings is 1. The minimum absolute atomic E-state index is 0.0616. The van der Waals surface area contributed by atoms with Crippen molar-refractivity contribution < 1.29 is 4.79 Å². The van der Waals surface area contributed by atoms with E-state index in [4.69, 9.17) is 0 Å². The van der Waals surface area contributed by atoms with Gasteiger partial charge in [-0.3, -0.25) is 10.2 Å². The Bertz CT molecular complexity index is 481. The molecule has 5 heteroatoms. The zero-order chi connectivity index (χ0) is 17.2. The van der Waals surface area contributed by atoms with Gasteiger partial charge in [-0.25, -0.2) is 5.43 Å². The van der Waals surface area contributed by atoms with Crippen LogP contribution in [0.1, 0.15) is 49.4 Å². The van der Waals surface area contributed by atoms with E-state index >= 15 is 0 Å². The Morgan fingerprint density at radius 2 is 1.67 bits per heavy atom. The SMILES string of the molecule is CCCCCCCNNC(=O)c1ccc(N2CCN(C)CC2)cc1. The first-order chi connectivity index (χ1) is 11.7. The average Bonchev–Trinajstić information content (AvgIpc) is 2.61. The summed E-state index contributed by atoms with van der Waals surface area (Å²) < 4.78 is 0. The number of nitrogens with one attached hydrogen (secondary N) is 2. The first kappa shape index (κ1) is 18.7. The Labute approximate surface area is 146 Å². The molecule has 1 aromatic rings. The number of anilines is 1. The molecule has 1 aliphatic rings. The lowest BCUT2D eigenvalue weighted by atomic mass is 10.1. The number of hydrogen-bond donors (Lipinski definition) is 2. The molecule has 24 heavy (non-hydrogen) atoms. The molecule has 0 spiro atoms. The second kappa shape index (κ2) is 10.3. The molecule has 5 nitrogen and oxygen atoms in total. The summed E-state index contributed by atoms with van der Waals surface area (Å²) in [6.07, 6.45) is 6.15. The number of hydrazine groups is 1. The molecular weight excluding hydrogens is 300 g/mol. The second-order valence-electron chi connectivity index (χ2n) is 6.63. The van der Waals surface area contributed by atoms with E-state index in [0.29, 0.717) is 5.56 Å². The zero-order valence-electron chi connectivity index (χ0n) is 15.2. The predicted molar refractivity (Wildman–Crippen MR) is 100 cm³/mol. The van der Waals surface area contributed by atoms with E-state index in [2.05, 4.69) is 34.6 Å². The standard InChI is InChI=1S/C19H32N4O/c1-3-4-5-6-7-12-20-21-19(24)17-8-10-18(11-9-17)23-15-13-22(2)14-16-23/h8-11,20H,3-7,12-16H2,1-2H3,(H,21,24). The summed E-state index contributed by atoms with van der Waals surface area (Å²) >= 11 is 0. The summed E-state index contributed by atoms with van der Waals surface area (Å²) in [6, 6.07) is 7.91. The Balaban J connectivity index is 1.69. The van der Waals surface area contributed by atoms with Crippen LogP contribution in [0.15, 0.2) is 24.3 Å². The van der Waals surface area contributed by atoms with Crippen molar-refractivity contribution in [1.29, 1.82) is 0 Å². The highest BCUT2D eigenvalue weighted by Crippen LogP contribution is 2.17. The maximum absolute atomic E-state index is 12.1. The van der Waals surface area contributed by atoms with E-state index in [-0.39, 0.29) is 5.91 Å². The van der Waals surface area contributed by atoms with Crippen molar-refractivity contribution in [3.63, 3.8) is 0 Å². The van der Waals surface area contributed by atoms with Gasteiger partial charge in [-0.05, 0) is 37.7 Å².